The highest BCUT2D eigenvalue weighted by Gasteiger charge is 2.17. The minimum Gasteiger partial charge on any atom is -0.444 e. The van der Waals surface area contributed by atoms with Crippen LogP contribution in [0, 0.1) is 13.8 Å². The zero-order valence-corrected chi connectivity index (χ0v) is 16.3. The fourth-order valence-electron chi connectivity index (χ4n) is 2.41. The largest absolute Gasteiger partial charge is 0.444 e. The summed E-state index contributed by atoms with van der Waals surface area (Å²) < 4.78 is 8.72. The van der Waals surface area contributed by atoms with Crippen LogP contribution in [0.15, 0.2) is 50.0 Å². The normalized spacial score (nSPS) is 10.8. The van der Waals surface area contributed by atoms with E-state index >= 15 is 0 Å². The molecule has 0 radical (unpaired) electrons. The van der Waals surface area contributed by atoms with E-state index in [9.17, 15) is 4.79 Å². The summed E-state index contributed by atoms with van der Waals surface area (Å²) >= 11 is 6.62. The van der Waals surface area contributed by atoms with Gasteiger partial charge in [0, 0.05) is 4.47 Å². The molecule has 3 aromatic rings. The number of carbonyl (C=O) groups is 1. The third kappa shape index (κ3) is 3.62. The van der Waals surface area contributed by atoms with Gasteiger partial charge in [0.05, 0.1) is 23.6 Å². The lowest BCUT2D eigenvalue weighted by atomic mass is 10.2. The predicted molar refractivity (Wildman–Crippen MR) is 99.3 cm³/mol. The molecule has 1 amide bonds. The molecule has 24 heavy (non-hydrogen) atoms. The molecule has 1 N–H and O–H groups in total. The van der Waals surface area contributed by atoms with Crippen LogP contribution in [0.25, 0.3) is 0 Å². The van der Waals surface area contributed by atoms with Crippen molar-refractivity contribution in [3.8, 4) is 0 Å². The lowest BCUT2D eigenvalue weighted by Gasteiger charge is -2.06. The van der Waals surface area contributed by atoms with Crippen LogP contribution in [-0.4, -0.2) is 15.7 Å². The molecule has 0 saturated heterocycles. The molecule has 0 spiro atoms. The zero-order chi connectivity index (χ0) is 17.3. The van der Waals surface area contributed by atoms with Crippen LogP contribution >= 0.6 is 31.9 Å². The first-order valence-electron chi connectivity index (χ1n) is 7.29. The molecule has 0 fully saturated rings. The second-order valence-electron chi connectivity index (χ2n) is 5.39. The summed E-state index contributed by atoms with van der Waals surface area (Å²) in [4.78, 5) is 12.3. The van der Waals surface area contributed by atoms with Crippen molar-refractivity contribution in [2.45, 2.75) is 20.4 Å². The van der Waals surface area contributed by atoms with Crippen LogP contribution < -0.4 is 5.32 Å². The van der Waals surface area contributed by atoms with Crippen molar-refractivity contribution < 1.29 is 9.21 Å². The van der Waals surface area contributed by atoms with Gasteiger partial charge in [-0.1, -0.05) is 28.1 Å². The average Bonchev–Trinajstić information content (AvgIpc) is 3.09. The van der Waals surface area contributed by atoms with Crippen LogP contribution in [0.5, 0.6) is 0 Å². The summed E-state index contributed by atoms with van der Waals surface area (Å²) in [6.07, 6.45) is 0. The maximum atomic E-state index is 12.3. The number of benzene rings is 1. The van der Waals surface area contributed by atoms with E-state index in [0.29, 0.717) is 16.9 Å². The van der Waals surface area contributed by atoms with Crippen molar-refractivity contribution in [2.75, 3.05) is 5.32 Å². The van der Waals surface area contributed by atoms with Gasteiger partial charge in [-0.15, -0.1) is 0 Å². The standard InChI is InChI=1S/C17H15Br2N3O2/c1-10-16(20-17(23)14-7-8-15(19)24-14)11(2)22(21-10)9-12-3-5-13(18)6-4-12/h3-8H,9H2,1-2H3,(H,20,23). The lowest BCUT2D eigenvalue weighted by Crippen LogP contribution is -2.12. The second kappa shape index (κ2) is 6.94. The molecule has 0 aliphatic heterocycles. The van der Waals surface area contributed by atoms with Crippen molar-refractivity contribution in [2.24, 2.45) is 0 Å². The maximum absolute atomic E-state index is 12.3. The number of nitrogens with zero attached hydrogens (tertiary/aromatic N) is 2. The van der Waals surface area contributed by atoms with Crippen molar-refractivity contribution in [1.82, 2.24) is 9.78 Å². The summed E-state index contributed by atoms with van der Waals surface area (Å²) in [6.45, 7) is 4.45. The van der Waals surface area contributed by atoms with E-state index in [-0.39, 0.29) is 11.7 Å². The number of furan rings is 1. The Morgan fingerprint density at radius 3 is 2.50 bits per heavy atom. The minimum absolute atomic E-state index is 0.251. The molecule has 1 aromatic carbocycles. The lowest BCUT2D eigenvalue weighted by molar-refractivity contribution is 0.0995. The van der Waals surface area contributed by atoms with E-state index in [1.54, 1.807) is 12.1 Å². The van der Waals surface area contributed by atoms with Crippen LogP contribution in [0.2, 0.25) is 0 Å². The molecule has 0 atom stereocenters. The average molecular weight is 453 g/mol. The monoisotopic (exact) mass is 451 g/mol. The van der Waals surface area contributed by atoms with Crippen LogP contribution in [0.1, 0.15) is 27.5 Å². The van der Waals surface area contributed by atoms with Gasteiger partial charge in [-0.2, -0.15) is 5.10 Å². The zero-order valence-electron chi connectivity index (χ0n) is 13.1. The first-order valence-corrected chi connectivity index (χ1v) is 8.88. The molecular weight excluding hydrogens is 438 g/mol. The number of anilines is 1. The number of rotatable bonds is 4. The van der Waals surface area contributed by atoms with Crippen LogP contribution in [0.3, 0.4) is 0 Å². The van der Waals surface area contributed by atoms with Crippen LogP contribution in [-0.2, 0) is 6.54 Å². The second-order valence-corrected chi connectivity index (χ2v) is 7.09. The molecule has 0 unspecified atom stereocenters. The maximum Gasteiger partial charge on any atom is 0.291 e. The molecule has 0 saturated carbocycles. The Labute approximate surface area is 156 Å². The van der Waals surface area contributed by atoms with E-state index in [1.165, 1.54) is 0 Å². The third-order valence-electron chi connectivity index (χ3n) is 3.66. The van der Waals surface area contributed by atoms with Crippen molar-refractivity contribution >= 4 is 43.5 Å². The number of nitrogens with one attached hydrogen (secondary N) is 1. The van der Waals surface area contributed by atoms with Crippen molar-refractivity contribution in [3.05, 3.63) is 68.3 Å². The van der Waals surface area contributed by atoms with Gasteiger partial charge < -0.3 is 9.73 Å². The fourth-order valence-corrected chi connectivity index (χ4v) is 2.98. The van der Waals surface area contributed by atoms with Gasteiger partial charge in [0.1, 0.15) is 0 Å². The summed E-state index contributed by atoms with van der Waals surface area (Å²) in [5, 5.41) is 7.41. The Hall–Kier alpha value is -1.86. The molecule has 2 aromatic heterocycles. The SMILES string of the molecule is Cc1nn(Cc2ccc(Br)cc2)c(C)c1NC(=O)c1ccc(Br)o1. The number of carbonyl (C=O) groups excluding carboxylic acids is 1. The van der Waals surface area contributed by atoms with E-state index < -0.39 is 0 Å². The number of amides is 1. The fraction of sp³-hybridized carbons (Fsp3) is 0.176. The molecule has 3 rings (SSSR count). The number of hydrogen-bond acceptors (Lipinski definition) is 3. The van der Waals surface area contributed by atoms with E-state index in [4.69, 9.17) is 4.42 Å². The van der Waals surface area contributed by atoms with Crippen molar-refractivity contribution in [1.29, 1.82) is 0 Å². The molecule has 5 nitrogen and oxygen atoms in total. The Morgan fingerprint density at radius 1 is 1.17 bits per heavy atom. The van der Waals surface area contributed by atoms with E-state index in [2.05, 4.69) is 42.3 Å². The number of halogens is 2. The molecule has 0 bridgehead atoms. The van der Waals surface area contributed by atoms with Gasteiger partial charge in [0.25, 0.3) is 5.91 Å². The van der Waals surface area contributed by atoms with Gasteiger partial charge in [-0.25, -0.2) is 0 Å². The highest BCUT2D eigenvalue weighted by molar-refractivity contribution is 9.10. The van der Waals surface area contributed by atoms with Crippen molar-refractivity contribution in [3.63, 3.8) is 0 Å². The number of hydrogen-bond donors (Lipinski definition) is 1. The van der Waals surface area contributed by atoms with Gasteiger partial charge in [-0.05, 0) is 59.6 Å². The predicted octanol–water partition coefficient (Wildman–Crippen LogP) is 4.92. The highest BCUT2D eigenvalue weighted by Crippen LogP contribution is 2.23. The van der Waals surface area contributed by atoms with Gasteiger partial charge in [0.15, 0.2) is 10.4 Å². The highest BCUT2D eigenvalue weighted by atomic mass is 79.9. The Bertz CT molecular complexity index is 882. The van der Waals surface area contributed by atoms with E-state index in [0.717, 1.165) is 21.4 Å². The Kier molecular flexibility index (Phi) is 4.91. The topological polar surface area (TPSA) is 60.1 Å². The quantitative estimate of drug-likeness (QED) is 0.611. The summed E-state index contributed by atoms with van der Waals surface area (Å²) in [5.74, 6) is -0.0450. The first-order chi connectivity index (χ1) is 11.4. The molecule has 0 aliphatic rings. The Morgan fingerprint density at radius 2 is 1.88 bits per heavy atom. The third-order valence-corrected chi connectivity index (χ3v) is 4.62. The summed E-state index contributed by atoms with van der Waals surface area (Å²) in [6, 6.07) is 11.4. The number of aromatic nitrogens is 2. The van der Waals surface area contributed by atoms with Crippen LogP contribution in [0.4, 0.5) is 5.69 Å². The molecular formula is C17H15Br2N3O2. The molecule has 0 aliphatic carbocycles. The molecule has 2 heterocycles. The van der Waals surface area contributed by atoms with Gasteiger partial charge >= 0.3 is 0 Å². The van der Waals surface area contributed by atoms with Gasteiger partial charge in [0.2, 0.25) is 0 Å². The van der Waals surface area contributed by atoms with Gasteiger partial charge in [-0.3, -0.25) is 9.48 Å². The first kappa shape index (κ1) is 17.0. The molecule has 7 heteroatoms. The Balaban J connectivity index is 1.81. The number of aryl methyl sites for hydroxylation is 1. The summed E-state index contributed by atoms with van der Waals surface area (Å²) in [7, 11) is 0. The minimum atomic E-state index is -0.296. The molecule has 124 valence electrons. The summed E-state index contributed by atoms with van der Waals surface area (Å²) in [5.41, 5.74) is 3.51. The smallest absolute Gasteiger partial charge is 0.291 e. The van der Waals surface area contributed by atoms with E-state index in [1.807, 2.05) is 42.8 Å².